The lowest BCUT2D eigenvalue weighted by atomic mass is 10.2. The maximum atomic E-state index is 12.1. The predicted octanol–water partition coefficient (Wildman–Crippen LogP) is 3.40. The van der Waals surface area contributed by atoms with E-state index in [9.17, 15) is 9.90 Å². The summed E-state index contributed by atoms with van der Waals surface area (Å²) in [5.74, 6) is 0.0450. The van der Waals surface area contributed by atoms with Crippen LogP contribution < -0.4 is 0 Å². The van der Waals surface area contributed by atoms with Crippen LogP contribution in [0, 0.1) is 0 Å². The molecule has 0 atom stereocenters. The number of phenolic OH excluding ortho intramolecular Hbond substituents is 1. The zero-order chi connectivity index (χ0) is 12.8. The standard InChI is InChI=1S/C12H15Br2NO2/c1-2-15(7-3-6-13)12(17)9-4-5-10(14)11(16)8-9/h4-5,8,16H,2-3,6-7H2,1H3. The predicted molar refractivity (Wildman–Crippen MR) is 75.8 cm³/mol. The largest absolute Gasteiger partial charge is 0.507 e. The number of hydrogen-bond acceptors (Lipinski definition) is 2. The van der Waals surface area contributed by atoms with Gasteiger partial charge in [-0.1, -0.05) is 15.9 Å². The highest BCUT2D eigenvalue weighted by Crippen LogP contribution is 2.24. The first-order chi connectivity index (χ1) is 8.10. The molecule has 1 N–H and O–H groups in total. The highest BCUT2D eigenvalue weighted by molar-refractivity contribution is 9.10. The second kappa shape index (κ2) is 7.01. The minimum atomic E-state index is -0.0451. The minimum Gasteiger partial charge on any atom is -0.507 e. The molecule has 1 amide bonds. The van der Waals surface area contributed by atoms with Crippen LogP contribution in [0.3, 0.4) is 0 Å². The molecule has 0 saturated carbocycles. The molecule has 0 aromatic heterocycles. The summed E-state index contributed by atoms with van der Waals surface area (Å²) in [6.45, 7) is 3.34. The Hall–Kier alpha value is -0.550. The molecule has 94 valence electrons. The van der Waals surface area contributed by atoms with Gasteiger partial charge in [0.05, 0.1) is 4.47 Å². The minimum absolute atomic E-state index is 0.0451. The normalized spacial score (nSPS) is 10.3. The molecular formula is C12H15Br2NO2. The Morgan fingerprint density at radius 1 is 1.47 bits per heavy atom. The van der Waals surface area contributed by atoms with Crippen molar-refractivity contribution in [2.24, 2.45) is 0 Å². The van der Waals surface area contributed by atoms with Crippen LogP contribution in [0.25, 0.3) is 0 Å². The summed E-state index contributed by atoms with van der Waals surface area (Å²) in [7, 11) is 0. The number of benzene rings is 1. The summed E-state index contributed by atoms with van der Waals surface area (Å²) >= 11 is 6.54. The summed E-state index contributed by atoms with van der Waals surface area (Å²) in [6.07, 6.45) is 0.919. The number of phenols is 1. The molecule has 1 rings (SSSR count). The van der Waals surface area contributed by atoms with Crippen molar-refractivity contribution in [1.82, 2.24) is 4.90 Å². The quantitative estimate of drug-likeness (QED) is 0.813. The van der Waals surface area contributed by atoms with E-state index < -0.39 is 0 Å². The maximum Gasteiger partial charge on any atom is 0.253 e. The van der Waals surface area contributed by atoms with Gasteiger partial charge in [0.25, 0.3) is 5.91 Å². The number of hydrogen-bond donors (Lipinski definition) is 1. The molecule has 1 aromatic carbocycles. The Bertz CT molecular complexity index is 396. The number of nitrogens with zero attached hydrogens (tertiary/aromatic N) is 1. The fourth-order valence-electron chi connectivity index (χ4n) is 1.48. The first kappa shape index (κ1) is 14.5. The molecule has 0 aliphatic rings. The molecule has 3 nitrogen and oxygen atoms in total. The lowest BCUT2D eigenvalue weighted by molar-refractivity contribution is 0.0764. The molecule has 17 heavy (non-hydrogen) atoms. The van der Waals surface area contributed by atoms with E-state index in [4.69, 9.17) is 0 Å². The smallest absolute Gasteiger partial charge is 0.253 e. The fraction of sp³-hybridized carbons (Fsp3) is 0.417. The highest BCUT2D eigenvalue weighted by atomic mass is 79.9. The second-order valence-electron chi connectivity index (χ2n) is 3.59. The van der Waals surface area contributed by atoms with Crippen molar-refractivity contribution in [3.63, 3.8) is 0 Å². The Morgan fingerprint density at radius 2 is 2.18 bits per heavy atom. The Kier molecular flexibility index (Phi) is 5.98. The second-order valence-corrected chi connectivity index (χ2v) is 5.24. The topological polar surface area (TPSA) is 40.5 Å². The van der Waals surface area contributed by atoms with Crippen LogP contribution in [0.2, 0.25) is 0 Å². The van der Waals surface area contributed by atoms with Gasteiger partial charge in [-0.15, -0.1) is 0 Å². The third-order valence-electron chi connectivity index (χ3n) is 2.42. The van der Waals surface area contributed by atoms with Crippen LogP contribution >= 0.6 is 31.9 Å². The lowest BCUT2D eigenvalue weighted by Crippen LogP contribution is -2.31. The van der Waals surface area contributed by atoms with Crippen LogP contribution in [0.5, 0.6) is 5.75 Å². The summed E-state index contributed by atoms with van der Waals surface area (Å²) < 4.78 is 0.595. The number of rotatable bonds is 5. The molecule has 0 aliphatic carbocycles. The van der Waals surface area contributed by atoms with Crippen molar-refractivity contribution in [2.75, 3.05) is 18.4 Å². The zero-order valence-electron chi connectivity index (χ0n) is 9.62. The van der Waals surface area contributed by atoms with Gasteiger partial charge >= 0.3 is 0 Å². The van der Waals surface area contributed by atoms with E-state index >= 15 is 0 Å². The van der Waals surface area contributed by atoms with E-state index in [1.165, 1.54) is 6.07 Å². The molecule has 0 saturated heterocycles. The van der Waals surface area contributed by atoms with E-state index in [1.54, 1.807) is 17.0 Å². The van der Waals surface area contributed by atoms with Crippen molar-refractivity contribution in [2.45, 2.75) is 13.3 Å². The van der Waals surface area contributed by atoms with Gasteiger partial charge in [-0.25, -0.2) is 0 Å². The van der Waals surface area contributed by atoms with Crippen LogP contribution in [0.4, 0.5) is 0 Å². The molecule has 1 aromatic rings. The van der Waals surface area contributed by atoms with Crippen molar-refractivity contribution >= 4 is 37.8 Å². The molecule has 0 radical (unpaired) electrons. The summed E-state index contributed by atoms with van der Waals surface area (Å²) in [4.78, 5) is 13.9. The molecule has 0 heterocycles. The maximum absolute atomic E-state index is 12.1. The van der Waals surface area contributed by atoms with Crippen molar-refractivity contribution < 1.29 is 9.90 Å². The van der Waals surface area contributed by atoms with Crippen molar-refractivity contribution in [1.29, 1.82) is 0 Å². The third kappa shape index (κ3) is 4.00. The van der Waals surface area contributed by atoms with Crippen LogP contribution in [-0.4, -0.2) is 34.3 Å². The Labute approximate surface area is 118 Å². The number of halogens is 2. The van der Waals surface area contributed by atoms with E-state index in [1.807, 2.05) is 6.92 Å². The van der Waals surface area contributed by atoms with Gasteiger partial charge in [-0.3, -0.25) is 4.79 Å². The van der Waals surface area contributed by atoms with Gasteiger partial charge in [0.15, 0.2) is 0 Å². The lowest BCUT2D eigenvalue weighted by Gasteiger charge is -2.20. The Morgan fingerprint density at radius 3 is 2.71 bits per heavy atom. The number of aromatic hydroxyl groups is 1. The average Bonchev–Trinajstić information content (AvgIpc) is 2.33. The van der Waals surface area contributed by atoms with Gasteiger partial charge in [0.2, 0.25) is 0 Å². The summed E-state index contributed by atoms with van der Waals surface area (Å²) in [6, 6.07) is 4.88. The molecule has 0 aliphatic heterocycles. The van der Waals surface area contributed by atoms with E-state index in [-0.39, 0.29) is 11.7 Å². The molecule has 0 spiro atoms. The Balaban J connectivity index is 2.82. The summed E-state index contributed by atoms with van der Waals surface area (Å²) in [5.41, 5.74) is 0.516. The molecule has 5 heteroatoms. The van der Waals surface area contributed by atoms with Gasteiger partial charge in [0.1, 0.15) is 5.75 Å². The van der Waals surface area contributed by atoms with Crippen molar-refractivity contribution in [3.05, 3.63) is 28.2 Å². The fourth-order valence-corrected chi connectivity index (χ4v) is 1.98. The first-order valence-electron chi connectivity index (χ1n) is 5.44. The average molecular weight is 365 g/mol. The SMILES string of the molecule is CCN(CCCBr)C(=O)c1ccc(Br)c(O)c1. The van der Waals surface area contributed by atoms with Gasteiger partial charge in [-0.2, -0.15) is 0 Å². The molecular weight excluding hydrogens is 350 g/mol. The molecule has 0 unspecified atom stereocenters. The monoisotopic (exact) mass is 363 g/mol. The highest BCUT2D eigenvalue weighted by Gasteiger charge is 2.14. The van der Waals surface area contributed by atoms with Crippen LogP contribution in [-0.2, 0) is 0 Å². The number of carbonyl (C=O) groups excluding carboxylic acids is 1. The van der Waals surface area contributed by atoms with Gasteiger partial charge in [0, 0.05) is 24.0 Å². The molecule has 0 fully saturated rings. The first-order valence-corrected chi connectivity index (χ1v) is 7.35. The van der Waals surface area contributed by atoms with Crippen molar-refractivity contribution in [3.8, 4) is 5.75 Å². The zero-order valence-corrected chi connectivity index (χ0v) is 12.8. The number of carbonyl (C=O) groups is 1. The van der Waals surface area contributed by atoms with Gasteiger partial charge < -0.3 is 10.0 Å². The number of alkyl halides is 1. The van der Waals surface area contributed by atoms with E-state index in [0.29, 0.717) is 16.6 Å². The van der Waals surface area contributed by atoms with E-state index in [0.717, 1.165) is 18.3 Å². The number of amides is 1. The molecule has 0 bridgehead atoms. The third-order valence-corrected chi connectivity index (χ3v) is 3.65. The van der Waals surface area contributed by atoms with Crippen LogP contribution in [0.1, 0.15) is 23.7 Å². The van der Waals surface area contributed by atoms with Gasteiger partial charge in [-0.05, 0) is 47.5 Å². The van der Waals surface area contributed by atoms with Crippen LogP contribution in [0.15, 0.2) is 22.7 Å². The van der Waals surface area contributed by atoms with E-state index in [2.05, 4.69) is 31.9 Å². The summed E-state index contributed by atoms with van der Waals surface area (Å²) in [5, 5.41) is 10.4.